The molecule has 314 valence electrons. The Kier molecular flexibility index (Phi) is 14.8. The lowest BCUT2D eigenvalue weighted by Gasteiger charge is -2.64. The molecule has 4 aliphatic carbocycles. The Morgan fingerprint density at radius 2 is 1.54 bits per heavy atom. The van der Waals surface area contributed by atoms with Gasteiger partial charge in [-0.25, -0.2) is 0 Å². The van der Waals surface area contributed by atoms with Crippen LogP contribution >= 0.6 is 0 Å². The summed E-state index contributed by atoms with van der Waals surface area (Å²) in [5.41, 5.74) is -5.06. The van der Waals surface area contributed by atoms with Gasteiger partial charge in [-0.1, -0.05) is 89.3 Å². The summed E-state index contributed by atoms with van der Waals surface area (Å²) in [5.74, 6) is -2.32. The minimum Gasteiger partial charge on any atom is -0.456 e. The summed E-state index contributed by atoms with van der Waals surface area (Å²) < 4.78 is 12.1. The van der Waals surface area contributed by atoms with Gasteiger partial charge in [-0.15, -0.1) is 0 Å². The van der Waals surface area contributed by atoms with Crippen LogP contribution in [0.2, 0.25) is 0 Å². The maximum Gasteiger partial charge on any atom is 0.303 e. The van der Waals surface area contributed by atoms with Gasteiger partial charge in [0.25, 0.3) is 0 Å². The van der Waals surface area contributed by atoms with E-state index in [1.165, 1.54) is 51.2 Å². The number of aliphatic hydroxyl groups excluding tert-OH is 1. The Bertz CT molecular complexity index is 1560. The third kappa shape index (κ3) is 9.13. The molecule has 0 amide bonds. The number of carbonyl (C=O) groups is 4. The first kappa shape index (κ1) is 46.0. The highest BCUT2D eigenvalue weighted by Crippen LogP contribution is 2.74. The van der Waals surface area contributed by atoms with Gasteiger partial charge in [0.05, 0.1) is 6.10 Å². The highest BCUT2D eigenvalue weighted by Gasteiger charge is 2.75. The fourth-order valence-electron chi connectivity index (χ4n) is 11.5. The molecule has 4 rings (SSSR count). The lowest BCUT2D eigenvalue weighted by atomic mass is 9.38. The molecule has 0 radical (unpaired) electrons. The van der Waals surface area contributed by atoms with Crippen LogP contribution in [0.25, 0.3) is 0 Å². The molecule has 8 nitrogen and oxygen atoms in total. The second-order valence-electron chi connectivity index (χ2n) is 19.5. The van der Waals surface area contributed by atoms with Crippen molar-refractivity contribution in [2.45, 2.75) is 183 Å². The van der Waals surface area contributed by atoms with E-state index in [9.17, 15) is 29.4 Å². The largest absolute Gasteiger partial charge is 0.456 e. The lowest BCUT2D eigenvalue weighted by molar-refractivity contribution is -0.184. The molecule has 0 aromatic heterocycles. The monoisotopic (exact) mass is 779 g/mol. The highest BCUT2D eigenvalue weighted by atomic mass is 16.6. The highest BCUT2D eigenvalue weighted by molar-refractivity contribution is 5.98. The zero-order valence-corrected chi connectivity index (χ0v) is 36.4. The van der Waals surface area contributed by atoms with E-state index in [-0.39, 0.29) is 36.2 Å². The molecule has 0 heterocycles. The predicted molar refractivity (Wildman–Crippen MR) is 222 cm³/mol. The maximum atomic E-state index is 14.8. The van der Waals surface area contributed by atoms with Crippen molar-refractivity contribution in [2.24, 2.45) is 39.4 Å². The van der Waals surface area contributed by atoms with Gasteiger partial charge in [0, 0.05) is 36.7 Å². The van der Waals surface area contributed by atoms with Crippen molar-refractivity contribution in [3.8, 4) is 0 Å². The third-order valence-electron chi connectivity index (χ3n) is 14.7. The number of hydrogen-bond acceptors (Lipinski definition) is 8. The van der Waals surface area contributed by atoms with Crippen molar-refractivity contribution in [3.05, 3.63) is 48.1 Å². The second kappa shape index (κ2) is 18.1. The summed E-state index contributed by atoms with van der Waals surface area (Å²) in [5, 5.41) is 23.4. The molecular weight excluding hydrogens is 705 g/mol. The molecule has 0 aromatic carbocycles. The summed E-state index contributed by atoms with van der Waals surface area (Å²) in [6.07, 6.45) is 25.0. The molecule has 0 saturated heterocycles. The van der Waals surface area contributed by atoms with Gasteiger partial charge in [-0.3, -0.25) is 19.2 Å². The molecule has 56 heavy (non-hydrogen) atoms. The first-order valence-electron chi connectivity index (χ1n) is 21.6. The zero-order chi connectivity index (χ0) is 41.7. The van der Waals surface area contributed by atoms with Gasteiger partial charge >= 0.3 is 5.97 Å². The molecule has 0 aliphatic heterocycles. The minimum atomic E-state index is -1.90. The minimum absolute atomic E-state index is 0.0458. The molecular formula is C48H74O8. The summed E-state index contributed by atoms with van der Waals surface area (Å²) in [4.78, 5) is 53.8. The number of allylic oxidation sites excluding steroid dienone is 6. The maximum absolute atomic E-state index is 14.8. The number of hydrogen-bond donors (Lipinski definition) is 2. The van der Waals surface area contributed by atoms with Crippen LogP contribution in [0.15, 0.2) is 48.1 Å². The molecule has 1 unspecified atom stereocenters. The molecule has 8 heteroatoms. The van der Waals surface area contributed by atoms with Crippen molar-refractivity contribution in [3.63, 3.8) is 0 Å². The lowest BCUT2D eigenvalue weighted by Crippen LogP contribution is -2.65. The Morgan fingerprint density at radius 1 is 0.911 bits per heavy atom. The molecule has 4 aliphatic rings. The topological polar surface area (TPSA) is 127 Å². The summed E-state index contributed by atoms with van der Waals surface area (Å²) >= 11 is 0. The standard InChI is InChI=1S/C48H74O8/c1-11-12-13-14-15-16-17-18-19-20-21-22-23-24-29-55-37-31-45(7)38-26-25-34-35(30-36(50)42(53)44(34,5)6)47(38,9)40(52)32-46(45,8)41(37)48(10,54)39(51)27-28-43(3,4)56-33(2)49/h17-18,20-21,25,27-28,35-38,41,50,54H,11-16,19,22-24,26,29-32H2,1-10H3/b18-17-,21-20-,28-27+/t35-,36+,37-,38+,41?,45+,46-,47+,48+/m1/s1. The molecule has 3 saturated carbocycles. The second-order valence-corrected chi connectivity index (χ2v) is 19.5. The van der Waals surface area contributed by atoms with Crippen LogP contribution in [-0.4, -0.2) is 63.5 Å². The van der Waals surface area contributed by atoms with Gasteiger partial charge in [0.1, 0.15) is 23.1 Å². The zero-order valence-electron chi connectivity index (χ0n) is 36.4. The Balaban J connectivity index is 1.55. The molecule has 3 fully saturated rings. The van der Waals surface area contributed by atoms with Crippen LogP contribution in [-0.2, 0) is 28.7 Å². The summed E-state index contributed by atoms with van der Waals surface area (Å²) in [6, 6.07) is 0. The molecule has 0 aromatic rings. The molecule has 2 N–H and O–H groups in total. The van der Waals surface area contributed by atoms with Gasteiger partial charge in [-0.2, -0.15) is 0 Å². The van der Waals surface area contributed by atoms with E-state index >= 15 is 0 Å². The molecule has 9 atom stereocenters. The molecule has 0 spiro atoms. The van der Waals surface area contributed by atoms with Crippen molar-refractivity contribution < 1.29 is 38.9 Å². The number of ether oxygens (including phenoxy) is 2. The number of ketones is 3. The van der Waals surface area contributed by atoms with Gasteiger partial charge in [0.15, 0.2) is 11.6 Å². The van der Waals surface area contributed by atoms with Crippen LogP contribution in [0.1, 0.15) is 159 Å². The first-order chi connectivity index (χ1) is 26.1. The van der Waals surface area contributed by atoms with E-state index in [0.29, 0.717) is 19.4 Å². The fraction of sp³-hybridized carbons (Fsp3) is 0.750. The van der Waals surface area contributed by atoms with E-state index in [1.807, 2.05) is 20.8 Å². The van der Waals surface area contributed by atoms with E-state index in [0.717, 1.165) is 37.7 Å². The van der Waals surface area contributed by atoms with Crippen molar-refractivity contribution in [1.82, 2.24) is 0 Å². The Labute approximate surface area is 338 Å². The van der Waals surface area contributed by atoms with Crippen LogP contribution in [0.4, 0.5) is 0 Å². The van der Waals surface area contributed by atoms with Gasteiger partial charge in [0.2, 0.25) is 0 Å². The number of aliphatic hydroxyl groups is 2. The Morgan fingerprint density at radius 3 is 2.16 bits per heavy atom. The third-order valence-corrected chi connectivity index (χ3v) is 14.7. The SMILES string of the molecule is CCCCCCC/C=C\C/C=C\CCCCO[C@@H]1C[C@@]2(C)[C@@H]3CC=C4[C@@H](C[C@H](O)C(=O)C4(C)C)[C@]3(C)C(=O)C[C@]2(C)C1[C@@](C)(O)C(=O)/C=C/C(C)(C)OC(C)=O. The van der Waals surface area contributed by atoms with Crippen LogP contribution in [0, 0.1) is 39.4 Å². The average Bonchev–Trinajstić information content (AvgIpc) is 3.34. The van der Waals surface area contributed by atoms with E-state index in [2.05, 4.69) is 51.2 Å². The van der Waals surface area contributed by atoms with Crippen LogP contribution < -0.4 is 0 Å². The van der Waals surface area contributed by atoms with Gasteiger partial charge in [-0.05, 0) is 127 Å². The predicted octanol–water partition coefficient (Wildman–Crippen LogP) is 9.56. The number of fused-ring (bicyclic) bond motifs is 5. The average molecular weight is 779 g/mol. The number of Topliss-reactive ketones (excluding diaryl/α,β-unsaturated/α-hetero) is 2. The van der Waals surface area contributed by atoms with E-state index in [4.69, 9.17) is 9.47 Å². The smallest absolute Gasteiger partial charge is 0.303 e. The van der Waals surface area contributed by atoms with Gasteiger partial charge < -0.3 is 19.7 Å². The quantitative estimate of drug-likeness (QED) is 0.0575. The van der Waals surface area contributed by atoms with Crippen LogP contribution in [0.3, 0.4) is 0 Å². The number of rotatable bonds is 19. The van der Waals surface area contributed by atoms with E-state index < -0.39 is 62.7 Å². The van der Waals surface area contributed by atoms with Crippen molar-refractivity contribution in [2.75, 3.05) is 6.61 Å². The number of unbranched alkanes of at least 4 members (excludes halogenated alkanes) is 7. The molecule has 0 bridgehead atoms. The number of esters is 1. The fourth-order valence-corrected chi connectivity index (χ4v) is 11.5. The van der Waals surface area contributed by atoms with E-state index in [1.54, 1.807) is 20.8 Å². The Hall–Kier alpha value is -2.68. The van der Waals surface area contributed by atoms with Crippen LogP contribution in [0.5, 0.6) is 0 Å². The summed E-state index contributed by atoms with van der Waals surface area (Å²) in [6.45, 7) is 18.9. The van der Waals surface area contributed by atoms with Crippen molar-refractivity contribution in [1.29, 1.82) is 0 Å². The first-order valence-corrected chi connectivity index (χ1v) is 21.6. The van der Waals surface area contributed by atoms with Crippen molar-refractivity contribution >= 4 is 23.3 Å². The summed E-state index contributed by atoms with van der Waals surface area (Å²) in [7, 11) is 0. The number of carbonyl (C=O) groups excluding carboxylic acids is 4. The normalized spacial score (nSPS) is 34.0.